The predicted molar refractivity (Wildman–Crippen MR) is 77.9 cm³/mol. The third-order valence-corrected chi connectivity index (χ3v) is 2.85. The number of carboxylic acids is 1. The van der Waals surface area contributed by atoms with Crippen molar-refractivity contribution < 1.29 is 24.5 Å². The quantitative estimate of drug-likeness (QED) is 0.710. The van der Waals surface area contributed by atoms with Gasteiger partial charge in [0.1, 0.15) is 5.75 Å². The predicted octanol–water partition coefficient (Wildman–Crippen LogP) is 1.63. The SMILES string of the molecule is CCCN(CCO)C(=O)Nc1ccc(OC)cc1C(=O)O. The van der Waals surface area contributed by atoms with Crippen molar-refractivity contribution in [3.63, 3.8) is 0 Å². The molecule has 0 radical (unpaired) electrons. The zero-order valence-electron chi connectivity index (χ0n) is 12.1. The van der Waals surface area contributed by atoms with Crippen LogP contribution in [0.1, 0.15) is 23.7 Å². The summed E-state index contributed by atoms with van der Waals surface area (Å²) in [7, 11) is 1.43. The van der Waals surface area contributed by atoms with Crippen molar-refractivity contribution in [3.8, 4) is 5.75 Å². The molecule has 0 unspecified atom stereocenters. The number of benzene rings is 1. The Morgan fingerprint density at radius 3 is 2.57 bits per heavy atom. The molecule has 0 spiro atoms. The van der Waals surface area contributed by atoms with E-state index in [1.165, 1.54) is 24.1 Å². The summed E-state index contributed by atoms with van der Waals surface area (Å²) >= 11 is 0. The number of hydrogen-bond acceptors (Lipinski definition) is 4. The van der Waals surface area contributed by atoms with Crippen LogP contribution in [-0.4, -0.2) is 53.9 Å². The Morgan fingerprint density at radius 1 is 1.33 bits per heavy atom. The van der Waals surface area contributed by atoms with E-state index in [0.29, 0.717) is 12.3 Å². The highest BCUT2D eigenvalue weighted by atomic mass is 16.5. The first-order valence-electron chi connectivity index (χ1n) is 6.61. The summed E-state index contributed by atoms with van der Waals surface area (Å²) in [5.41, 5.74) is 0.135. The van der Waals surface area contributed by atoms with Gasteiger partial charge >= 0.3 is 12.0 Å². The Kier molecular flexibility index (Phi) is 6.48. The van der Waals surface area contributed by atoms with Crippen molar-refractivity contribution in [3.05, 3.63) is 23.8 Å². The van der Waals surface area contributed by atoms with E-state index in [4.69, 9.17) is 9.84 Å². The number of carboxylic acid groups (broad SMARTS) is 1. The van der Waals surface area contributed by atoms with Gasteiger partial charge in [-0.05, 0) is 24.6 Å². The number of nitrogens with zero attached hydrogens (tertiary/aromatic N) is 1. The van der Waals surface area contributed by atoms with Crippen molar-refractivity contribution >= 4 is 17.7 Å². The van der Waals surface area contributed by atoms with Crippen LogP contribution in [0.15, 0.2) is 18.2 Å². The van der Waals surface area contributed by atoms with Gasteiger partial charge in [-0.15, -0.1) is 0 Å². The average molecular weight is 296 g/mol. The summed E-state index contributed by atoms with van der Waals surface area (Å²) in [6, 6.07) is 3.94. The van der Waals surface area contributed by atoms with Gasteiger partial charge in [-0.2, -0.15) is 0 Å². The molecule has 2 amide bonds. The van der Waals surface area contributed by atoms with Crippen molar-refractivity contribution in [2.75, 3.05) is 32.1 Å². The lowest BCUT2D eigenvalue weighted by atomic mass is 10.1. The summed E-state index contributed by atoms with van der Waals surface area (Å²) < 4.78 is 4.97. The Balaban J connectivity index is 2.95. The topological polar surface area (TPSA) is 99.1 Å². The molecule has 0 saturated carbocycles. The van der Waals surface area contributed by atoms with Gasteiger partial charge < -0.3 is 25.2 Å². The second-order valence-corrected chi connectivity index (χ2v) is 4.36. The van der Waals surface area contributed by atoms with Crippen molar-refractivity contribution in [2.45, 2.75) is 13.3 Å². The maximum absolute atomic E-state index is 12.1. The monoisotopic (exact) mass is 296 g/mol. The zero-order chi connectivity index (χ0) is 15.8. The van der Waals surface area contributed by atoms with Crippen molar-refractivity contribution in [2.24, 2.45) is 0 Å². The Labute approximate surface area is 123 Å². The number of urea groups is 1. The Morgan fingerprint density at radius 2 is 2.05 bits per heavy atom. The molecule has 0 aromatic heterocycles. The zero-order valence-corrected chi connectivity index (χ0v) is 12.1. The third-order valence-electron chi connectivity index (χ3n) is 2.85. The largest absolute Gasteiger partial charge is 0.497 e. The lowest BCUT2D eigenvalue weighted by molar-refractivity contribution is 0.0697. The summed E-state index contributed by atoms with van der Waals surface area (Å²) in [6.45, 7) is 2.43. The number of hydrogen-bond donors (Lipinski definition) is 3. The molecule has 0 aliphatic heterocycles. The molecule has 21 heavy (non-hydrogen) atoms. The van der Waals surface area contributed by atoms with Crippen LogP contribution >= 0.6 is 0 Å². The number of amides is 2. The molecule has 7 nitrogen and oxygen atoms in total. The van der Waals surface area contributed by atoms with Gasteiger partial charge in [0.25, 0.3) is 0 Å². The van der Waals surface area contributed by atoms with Crippen LogP contribution in [0.5, 0.6) is 5.75 Å². The first-order chi connectivity index (χ1) is 10.0. The molecule has 0 fully saturated rings. The molecular weight excluding hydrogens is 276 g/mol. The molecule has 0 aliphatic rings. The molecule has 1 aromatic rings. The molecule has 116 valence electrons. The van der Waals surface area contributed by atoms with Crippen LogP contribution in [0.2, 0.25) is 0 Å². The second kappa shape index (κ2) is 8.11. The fraction of sp³-hybridized carbons (Fsp3) is 0.429. The van der Waals surface area contributed by atoms with E-state index in [9.17, 15) is 14.7 Å². The molecule has 0 aliphatic carbocycles. The number of carbonyl (C=O) groups excluding carboxylic acids is 1. The number of ether oxygens (including phenoxy) is 1. The Bertz CT molecular complexity index is 498. The molecule has 3 N–H and O–H groups in total. The van der Waals surface area contributed by atoms with E-state index in [1.807, 2.05) is 6.92 Å². The normalized spacial score (nSPS) is 10.0. The van der Waals surface area contributed by atoms with Gasteiger partial charge in [-0.1, -0.05) is 6.92 Å². The lowest BCUT2D eigenvalue weighted by Gasteiger charge is -2.22. The fourth-order valence-corrected chi connectivity index (χ4v) is 1.84. The van der Waals surface area contributed by atoms with Gasteiger partial charge in [0, 0.05) is 13.1 Å². The standard InChI is InChI=1S/C14H20N2O5/c1-3-6-16(7-8-17)14(20)15-12-5-4-10(21-2)9-11(12)13(18)19/h4-5,9,17H,3,6-8H2,1-2H3,(H,15,20)(H,18,19). The van der Waals surface area contributed by atoms with Crippen LogP contribution in [0.3, 0.4) is 0 Å². The smallest absolute Gasteiger partial charge is 0.337 e. The minimum Gasteiger partial charge on any atom is -0.497 e. The number of aliphatic hydroxyl groups is 1. The number of carbonyl (C=O) groups is 2. The van der Waals surface area contributed by atoms with Crippen LogP contribution in [-0.2, 0) is 0 Å². The minimum atomic E-state index is -1.16. The number of aliphatic hydroxyl groups excluding tert-OH is 1. The second-order valence-electron chi connectivity index (χ2n) is 4.36. The van der Waals surface area contributed by atoms with Crippen LogP contribution in [0.25, 0.3) is 0 Å². The maximum atomic E-state index is 12.1. The summed E-state index contributed by atoms with van der Waals surface area (Å²) in [6.07, 6.45) is 0.738. The maximum Gasteiger partial charge on any atom is 0.337 e. The van der Waals surface area contributed by atoms with Gasteiger partial charge in [-0.25, -0.2) is 9.59 Å². The molecule has 7 heteroatoms. The number of nitrogens with one attached hydrogen (secondary N) is 1. The highest BCUT2D eigenvalue weighted by Crippen LogP contribution is 2.22. The van der Waals surface area contributed by atoms with Gasteiger partial charge in [0.2, 0.25) is 0 Å². The van der Waals surface area contributed by atoms with Gasteiger partial charge in [-0.3, -0.25) is 0 Å². The van der Waals surface area contributed by atoms with Gasteiger partial charge in [0.05, 0.1) is 25.0 Å². The molecule has 0 atom stereocenters. The van der Waals surface area contributed by atoms with E-state index in [2.05, 4.69) is 5.32 Å². The Hall–Kier alpha value is -2.28. The minimum absolute atomic E-state index is 0.0526. The summed E-state index contributed by atoms with van der Waals surface area (Å²) in [4.78, 5) is 24.8. The third kappa shape index (κ3) is 4.64. The highest BCUT2D eigenvalue weighted by molar-refractivity contribution is 6.00. The molecule has 0 bridgehead atoms. The van der Waals surface area contributed by atoms with Crippen LogP contribution in [0, 0.1) is 0 Å². The number of methoxy groups -OCH3 is 1. The van der Waals surface area contributed by atoms with E-state index in [0.717, 1.165) is 6.42 Å². The molecule has 0 heterocycles. The molecular formula is C14H20N2O5. The average Bonchev–Trinajstić information content (AvgIpc) is 2.47. The number of anilines is 1. The number of rotatable bonds is 7. The van der Waals surface area contributed by atoms with E-state index in [-0.39, 0.29) is 24.4 Å². The van der Waals surface area contributed by atoms with E-state index in [1.54, 1.807) is 6.07 Å². The first kappa shape index (κ1) is 16.8. The van der Waals surface area contributed by atoms with E-state index < -0.39 is 12.0 Å². The van der Waals surface area contributed by atoms with Crippen molar-refractivity contribution in [1.29, 1.82) is 0 Å². The van der Waals surface area contributed by atoms with E-state index >= 15 is 0 Å². The molecule has 1 rings (SSSR count). The fourth-order valence-electron chi connectivity index (χ4n) is 1.84. The lowest BCUT2D eigenvalue weighted by Crippen LogP contribution is -2.37. The summed E-state index contributed by atoms with van der Waals surface area (Å²) in [5.74, 6) is -0.764. The molecule has 0 saturated heterocycles. The number of aromatic carboxylic acids is 1. The van der Waals surface area contributed by atoms with Crippen LogP contribution in [0.4, 0.5) is 10.5 Å². The summed E-state index contributed by atoms with van der Waals surface area (Å²) in [5, 5.41) is 20.7. The van der Waals surface area contributed by atoms with Crippen molar-refractivity contribution in [1.82, 2.24) is 4.90 Å². The van der Waals surface area contributed by atoms with Crippen LogP contribution < -0.4 is 10.1 Å². The van der Waals surface area contributed by atoms with Gasteiger partial charge in [0.15, 0.2) is 0 Å². The highest BCUT2D eigenvalue weighted by Gasteiger charge is 2.17. The molecule has 1 aromatic carbocycles. The first-order valence-corrected chi connectivity index (χ1v) is 6.61.